The van der Waals surface area contributed by atoms with Crippen LogP contribution in [0.15, 0.2) is 36.4 Å². The molecule has 0 atom stereocenters. The van der Waals surface area contributed by atoms with Crippen LogP contribution in [0.3, 0.4) is 0 Å². The first-order valence-corrected chi connectivity index (χ1v) is 6.32. The van der Waals surface area contributed by atoms with Gasteiger partial charge in [0, 0.05) is 21.3 Å². The van der Waals surface area contributed by atoms with E-state index in [9.17, 15) is 8.78 Å². The number of fused-ring (bicyclic) bond motifs is 1. The van der Waals surface area contributed by atoms with Gasteiger partial charge in [-0.1, -0.05) is 18.2 Å². The van der Waals surface area contributed by atoms with Gasteiger partial charge in [0.25, 0.3) is 0 Å². The number of hydrogen-bond donors (Lipinski definition) is 1. The largest absolute Gasteiger partial charge is 0.338 e. The summed E-state index contributed by atoms with van der Waals surface area (Å²) in [5.41, 5.74) is 1.82. The number of nitrogens with zero attached hydrogens (tertiary/aromatic N) is 1. The van der Waals surface area contributed by atoms with Crippen LogP contribution in [-0.4, -0.2) is 9.97 Å². The van der Waals surface area contributed by atoms with Gasteiger partial charge < -0.3 is 4.98 Å². The molecule has 3 aromatic rings. The number of aromatic nitrogens is 2. The maximum Gasteiger partial charge on any atom is 0.161 e. The van der Waals surface area contributed by atoms with Gasteiger partial charge >= 0.3 is 0 Å². The summed E-state index contributed by atoms with van der Waals surface area (Å²) in [6.45, 7) is 0. The van der Waals surface area contributed by atoms with Gasteiger partial charge in [-0.05, 0) is 28.7 Å². The number of benzene rings is 2. The second kappa shape index (κ2) is 4.31. The van der Waals surface area contributed by atoms with Gasteiger partial charge in [0.1, 0.15) is 5.82 Å². The van der Waals surface area contributed by atoms with Gasteiger partial charge in [-0.15, -0.1) is 0 Å². The molecule has 1 N–H and O–H groups in total. The summed E-state index contributed by atoms with van der Waals surface area (Å²) in [6, 6.07) is 9.90. The molecule has 0 amide bonds. The number of nitrogens with one attached hydrogen (secondary N) is 1. The van der Waals surface area contributed by atoms with Crippen molar-refractivity contribution in [2.24, 2.45) is 0 Å². The Bertz CT molecular complexity index is 698. The molecule has 1 heterocycles. The number of aromatic amines is 1. The van der Waals surface area contributed by atoms with E-state index in [0.29, 0.717) is 16.9 Å². The number of imidazole rings is 1. The summed E-state index contributed by atoms with van der Waals surface area (Å²) in [4.78, 5) is 7.28. The van der Waals surface area contributed by atoms with Gasteiger partial charge in [0.2, 0.25) is 0 Å². The van der Waals surface area contributed by atoms with E-state index in [0.717, 1.165) is 21.3 Å². The van der Waals surface area contributed by atoms with E-state index in [1.165, 1.54) is 0 Å². The van der Waals surface area contributed by atoms with Crippen molar-refractivity contribution in [1.82, 2.24) is 9.97 Å². The Morgan fingerprint density at radius 2 is 1.78 bits per heavy atom. The van der Waals surface area contributed by atoms with Crippen LogP contribution in [0.25, 0.3) is 22.4 Å². The predicted molar refractivity (Wildman–Crippen MR) is 74.2 cm³/mol. The van der Waals surface area contributed by atoms with Crippen molar-refractivity contribution in [2.75, 3.05) is 0 Å². The summed E-state index contributed by atoms with van der Waals surface area (Å²) in [6.07, 6.45) is 0. The van der Waals surface area contributed by atoms with Crippen molar-refractivity contribution < 1.29 is 8.78 Å². The summed E-state index contributed by atoms with van der Waals surface area (Å²) in [5, 5.41) is 0. The van der Waals surface area contributed by atoms with Crippen LogP contribution in [0, 0.1) is 15.2 Å². The normalized spacial score (nSPS) is 11.1. The Morgan fingerprint density at radius 3 is 2.56 bits per heavy atom. The molecular formula is C13H7F2IN2. The first-order valence-electron chi connectivity index (χ1n) is 5.25. The van der Waals surface area contributed by atoms with Crippen LogP contribution in [0.5, 0.6) is 0 Å². The lowest BCUT2D eigenvalue weighted by molar-refractivity contribution is 0.510. The molecule has 0 saturated carbocycles. The highest BCUT2D eigenvalue weighted by atomic mass is 127. The first-order chi connectivity index (χ1) is 8.65. The lowest BCUT2D eigenvalue weighted by Gasteiger charge is -1.98. The average molecular weight is 356 g/mol. The highest BCUT2D eigenvalue weighted by molar-refractivity contribution is 14.1. The van der Waals surface area contributed by atoms with Crippen LogP contribution >= 0.6 is 22.6 Å². The standard InChI is InChI=1S/C13H7F2IN2/c14-8-5-11-12(6-9(8)15)18-13(17-11)7-3-1-2-4-10(7)16/h1-6H,(H,17,18). The van der Waals surface area contributed by atoms with E-state index in [1.807, 2.05) is 24.3 Å². The molecule has 1 aromatic heterocycles. The topological polar surface area (TPSA) is 28.7 Å². The Labute approximate surface area is 115 Å². The molecule has 3 rings (SSSR count). The molecule has 0 aliphatic carbocycles. The molecule has 0 bridgehead atoms. The number of rotatable bonds is 1. The summed E-state index contributed by atoms with van der Waals surface area (Å²) in [5.74, 6) is -1.15. The average Bonchev–Trinajstić information content (AvgIpc) is 2.73. The molecule has 0 saturated heterocycles. The molecule has 0 unspecified atom stereocenters. The molecule has 2 nitrogen and oxygen atoms in total. The van der Waals surface area contributed by atoms with Gasteiger partial charge in [0.05, 0.1) is 11.0 Å². The lowest BCUT2D eigenvalue weighted by Crippen LogP contribution is -1.83. The Kier molecular flexibility index (Phi) is 2.77. The highest BCUT2D eigenvalue weighted by Gasteiger charge is 2.11. The molecule has 0 spiro atoms. The van der Waals surface area contributed by atoms with E-state index in [2.05, 4.69) is 32.6 Å². The maximum absolute atomic E-state index is 13.1. The third-order valence-electron chi connectivity index (χ3n) is 2.65. The molecule has 0 aliphatic heterocycles. The molecule has 0 fully saturated rings. The number of H-pyrrole nitrogens is 1. The van der Waals surface area contributed by atoms with E-state index in [4.69, 9.17) is 0 Å². The van der Waals surface area contributed by atoms with Crippen LogP contribution in [0.1, 0.15) is 0 Å². The molecule has 0 aliphatic rings. The zero-order valence-corrected chi connectivity index (χ0v) is 11.2. The van der Waals surface area contributed by atoms with Gasteiger partial charge in [-0.25, -0.2) is 13.8 Å². The second-order valence-electron chi connectivity index (χ2n) is 3.85. The van der Waals surface area contributed by atoms with Crippen molar-refractivity contribution in [3.63, 3.8) is 0 Å². The zero-order valence-electron chi connectivity index (χ0n) is 9.05. The van der Waals surface area contributed by atoms with Crippen LogP contribution in [0.2, 0.25) is 0 Å². The fraction of sp³-hybridized carbons (Fsp3) is 0. The Morgan fingerprint density at radius 1 is 1.06 bits per heavy atom. The minimum absolute atomic E-state index is 0.420. The molecule has 18 heavy (non-hydrogen) atoms. The molecule has 90 valence electrons. The summed E-state index contributed by atoms with van der Waals surface area (Å²) < 4.78 is 27.2. The molecular weight excluding hydrogens is 349 g/mol. The van der Waals surface area contributed by atoms with Crippen LogP contribution in [0.4, 0.5) is 8.78 Å². The van der Waals surface area contributed by atoms with Crippen molar-refractivity contribution in [3.05, 3.63) is 51.6 Å². The van der Waals surface area contributed by atoms with Crippen molar-refractivity contribution in [2.45, 2.75) is 0 Å². The minimum Gasteiger partial charge on any atom is -0.338 e. The predicted octanol–water partition coefficient (Wildman–Crippen LogP) is 4.11. The lowest BCUT2D eigenvalue weighted by atomic mass is 10.2. The van der Waals surface area contributed by atoms with Gasteiger partial charge in [-0.2, -0.15) is 0 Å². The van der Waals surface area contributed by atoms with Gasteiger partial charge in [0.15, 0.2) is 11.6 Å². The van der Waals surface area contributed by atoms with Crippen molar-refractivity contribution in [1.29, 1.82) is 0 Å². The fourth-order valence-electron chi connectivity index (χ4n) is 1.79. The van der Waals surface area contributed by atoms with E-state index >= 15 is 0 Å². The SMILES string of the molecule is Fc1cc2nc(-c3ccccc3I)[nH]c2cc1F. The van der Waals surface area contributed by atoms with Crippen molar-refractivity contribution in [3.8, 4) is 11.4 Å². The summed E-state index contributed by atoms with van der Waals surface area (Å²) >= 11 is 2.19. The minimum atomic E-state index is -0.886. The fourth-order valence-corrected chi connectivity index (χ4v) is 2.43. The third-order valence-corrected chi connectivity index (χ3v) is 3.59. The quantitative estimate of drug-likeness (QED) is 0.653. The summed E-state index contributed by atoms with van der Waals surface area (Å²) in [7, 11) is 0. The third kappa shape index (κ3) is 1.88. The molecule has 0 radical (unpaired) electrons. The van der Waals surface area contributed by atoms with Crippen LogP contribution in [-0.2, 0) is 0 Å². The molecule has 5 heteroatoms. The first kappa shape index (κ1) is 11.6. The Hall–Kier alpha value is -1.50. The zero-order chi connectivity index (χ0) is 12.7. The second-order valence-corrected chi connectivity index (χ2v) is 5.01. The van der Waals surface area contributed by atoms with Crippen molar-refractivity contribution >= 4 is 33.6 Å². The van der Waals surface area contributed by atoms with E-state index < -0.39 is 11.6 Å². The van der Waals surface area contributed by atoms with Gasteiger partial charge in [-0.3, -0.25) is 0 Å². The maximum atomic E-state index is 13.1. The molecule has 2 aromatic carbocycles. The Balaban J connectivity index is 2.23. The van der Waals surface area contributed by atoms with E-state index in [1.54, 1.807) is 0 Å². The van der Waals surface area contributed by atoms with E-state index in [-0.39, 0.29) is 0 Å². The highest BCUT2D eigenvalue weighted by Crippen LogP contribution is 2.25. The van der Waals surface area contributed by atoms with Crippen LogP contribution < -0.4 is 0 Å². The monoisotopic (exact) mass is 356 g/mol. The number of halogens is 3. The smallest absolute Gasteiger partial charge is 0.161 e. The number of hydrogen-bond acceptors (Lipinski definition) is 1.